The third-order valence-electron chi connectivity index (χ3n) is 4.58. The Balaban J connectivity index is 1.44. The van der Waals surface area contributed by atoms with Crippen molar-refractivity contribution >= 4 is 6.03 Å². The van der Waals surface area contributed by atoms with Gasteiger partial charge in [0.1, 0.15) is 0 Å². The van der Waals surface area contributed by atoms with Crippen LogP contribution in [0, 0.1) is 0 Å². The fourth-order valence-electron chi connectivity index (χ4n) is 3.33. The van der Waals surface area contributed by atoms with Crippen LogP contribution in [0.4, 0.5) is 4.79 Å². The van der Waals surface area contributed by atoms with Crippen LogP contribution in [0.2, 0.25) is 0 Å². The summed E-state index contributed by atoms with van der Waals surface area (Å²) >= 11 is 0. The van der Waals surface area contributed by atoms with Crippen LogP contribution in [0.15, 0.2) is 0 Å². The molecule has 2 aliphatic rings. The standard InChI is InChI=1S/C16H31N3O/c20-16(18-15-9-3-1-4-10-15)17-11-5-8-14-19-12-6-2-7-13-19/h15H,1-14H2,(H2,17,18,20). The zero-order valence-electron chi connectivity index (χ0n) is 12.8. The van der Waals surface area contributed by atoms with Gasteiger partial charge in [0.05, 0.1) is 0 Å². The second-order valence-electron chi connectivity index (χ2n) is 6.34. The second kappa shape index (κ2) is 9.22. The maximum Gasteiger partial charge on any atom is 0.315 e. The molecule has 2 fully saturated rings. The van der Waals surface area contributed by atoms with E-state index < -0.39 is 0 Å². The molecule has 1 heterocycles. The van der Waals surface area contributed by atoms with E-state index in [0.29, 0.717) is 6.04 Å². The SMILES string of the molecule is O=C(NCCCCN1CCCCC1)NC1CCCCC1. The lowest BCUT2D eigenvalue weighted by atomic mass is 9.96. The minimum atomic E-state index is 0.0369. The summed E-state index contributed by atoms with van der Waals surface area (Å²) in [5, 5.41) is 6.10. The highest BCUT2D eigenvalue weighted by Gasteiger charge is 2.15. The summed E-state index contributed by atoms with van der Waals surface area (Å²) in [6.07, 6.45) is 12.6. The third kappa shape index (κ3) is 6.12. The fraction of sp³-hybridized carbons (Fsp3) is 0.938. The Kier molecular flexibility index (Phi) is 7.20. The number of carbonyl (C=O) groups is 1. The van der Waals surface area contributed by atoms with Gasteiger partial charge in [0, 0.05) is 12.6 Å². The van der Waals surface area contributed by atoms with Crippen molar-refractivity contribution in [3.8, 4) is 0 Å². The summed E-state index contributed by atoms with van der Waals surface area (Å²) < 4.78 is 0. The molecule has 0 aromatic rings. The second-order valence-corrected chi connectivity index (χ2v) is 6.34. The van der Waals surface area contributed by atoms with E-state index in [-0.39, 0.29) is 6.03 Å². The number of amides is 2. The Labute approximate surface area is 123 Å². The molecule has 1 saturated carbocycles. The highest BCUT2D eigenvalue weighted by atomic mass is 16.2. The van der Waals surface area contributed by atoms with Crippen molar-refractivity contribution in [3.63, 3.8) is 0 Å². The van der Waals surface area contributed by atoms with E-state index in [9.17, 15) is 4.79 Å². The molecule has 0 radical (unpaired) electrons. The van der Waals surface area contributed by atoms with Crippen LogP contribution in [0.3, 0.4) is 0 Å². The minimum absolute atomic E-state index is 0.0369. The number of hydrogen-bond donors (Lipinski definition) is 2. The highest BCUT2D eigenvalue weighted by molar-refractivity contribution is 5.74. The molecule has 116 valence electrons. The average molecular weight is 281 g/mol. The summed E-state index contributed by atoms with van der Waals surface area (Å²) in [6, 6.07) is 0.451. The summed E-state index contributed by atoms with van der Waals surface area (Å²) in [4.78, 5) is 14.3. The van der Waals surface area contributed by atoms with Gasteiger partial charge < -0.3 is 15.5 Å². The molecule has 0 unspecified atom stereocenters. The van der Waals surface area contributed by atoms with Gasteiger partial charge in [-0.1, -0.05) is 25.7 Å². The first-order valence-corrected chi connectivity index (χ1v) is 8.61. The Morgan fingerprint density at radius 3 is 2.40 bits per heavy atom. The molecular formula is C16H31N3O. The Bertz CT molecular complexity index is 271. The van der Waals surface area contributed by atoms with Gasteiger partial charge in [-0.05, 0) is 58.2 Å². The number of hydrogen-bond acceptors (Lipinski definition) is 2. The molecule has 0 aromatic heterocycles. The molecule has 0 aromatic carbocycles. The summed E-state index contributed by atoms with van der Waals surface area (Å²) in [5.74, 6) is 0. The van der Waals surface area contributed by atoms with Crippen molar-refractivity contribution in [2.75, 3.05) is 26.2 Å². The minimum Gasteiger partial charge on any atom is -0.338 e. The summed E-state index contributed by atoms with van der Waals surface area (Å²) in [6.45, 7) is 4.56. The van der Waals surface area contributed by atoms with Gasteiger partial charge in [0.2, 0.25) is 0 Å². The number of urea groups is 1. The molecule has 0 atom stereocenters. The van der Waals surface area contributed by atoms with Crippen molar-refractivity contribution in [1.82, 2.24) is 15.5 Å². The first-order valence-electron chi connectivity index (χ1n) is 8.61. The van der Waals surface area contributed by atoms with E-state index in [0.717, 1.165) is 25.8 Å². The van der Waals surface area contributed by atoms with Crippen LogP contribution in [-0.2, 0) is 0 Å². The van der Waals surface area contributed by atoms with Gasteiger partial charge in [0.25, 0.3) is 0 Å². The van der Waals surface area contributed by atoms with Gasteiger partial charge in [-0.15, -0.1) is 0 Å². The van der Waals surface area contributed by atoms with E-state index in [2.05, 4.69) is 15.5 Å². The van der Waals surface area contributed by atoms with E-state index in [1.54, 1.807) is 0 Å². The van der Waals surface area contributed by atoms with Crippen molar-refractivity contribution in [3.05, 3.63) is 0 Å². The topological polar surface area (TPSA) is 44.4 Å². The number of unbranched alkanes of at least 4 members (excludes halogenated alkanes) is 1. The Hall–Kier alpha value is -0.770. The van der Waals surface area contributed by atoms with Crippen LogP contribution < -0.4 is 10.6 Å². The highest BCUT2D eigenvalue weighted by Crippen LogP contribution is 2.17. The van der Waals surface area contributed by atoms with Gasteiger partial charge in [-0.25, -0.2) is 4.79 Å². The number of nitrogens with zero attached hydrogens (tertiary/aromatic N) is 1. The lowest BCUT2D eigenvalue weighted by molar-refractivity contribution is 0.222. The monoisotopic (exact) mass is 281 g/mol. The predicted octanol–water partition coefficient (Wildman–Crippen LogP) is 2.88. The smallest absolute Gasteiger partial charge is 0.315 e. The summed E-state index contributed by atoms with van der Waals surface area (Å²) in [5.41, 5.74) is 0. The van der Waals surface area contributed by atoms with Crippen LogP contribution in [0.1, 0.15) is 64.2 Å². The maximum atomic E-state index is 11.7. The molecular weight excluding hydrogens is 250 g/mol. The van der Waals surface area contributed by atoms with E-state index in [1.165, 1.54) is 64.6 Å². The fourth-order valence-corrected chi connectivity index (χ4v) is 3.33. The van der Waals surface area contributed by atoms with Crippen LogP contribution in [0.25, 0.3) is 0 Å². The van der Waals surface area contributed by atoms with Gasteiger partial charge >= 0.3 is 6.03 Å². The van der Waals surface area contributed by atoms with Gasteiger partial charge in [0.15, 0.2) is 0 Å². The van der Waals surface area contributed by atoms with Crippen LogP contribution in [-0.4, -0.2) is 43.2 Å². The van der Waals surface area contributed by atoms with Crippen molar-refractivity contribution in [2.24, 2.45) is 0 Å². The number of likely N-dealkylation sites (tertiary alicyclic amines) is 1. The molecule has 20 heavy (non-hydrogen) atoms. The quantitative estimate of drug-likeness (QED) is 0.735. The van der Waals surface area contributed by atoms with E-state index in [4.69, 9.17) is 0 Å². The molecule has 1 aliphatic heterocycles. The Morgan fingerprint density at radius 2 is 1.65 bits per heavy atom. The van der Waals surface area contributed by atoms with Crippen molar-refractivity contribution in [1.29, 1.82) is 0 Å². The number of rotatable bonds is 6. The largest absolute Gasteiger partial charge is 0.338 e. The maximum absolute atomic E-state index is 11.7. The molecule has 2 rings (SSSR count). The van der Waals surface area contributed by atoms with Gasteiger partial charge in [-0.3, -0.25) is 0 Å². The lowest BCUT2D eigenvalue weighted by Gasteiger charge is -2.26. The average Bonchev–Trinajstić information content (AvgIpc) is 2.49. The molecule has 2 amide bonds. The molecule has 4 nitrogen and oxygen atoms in total. The number of nitrogens with one attached hydrogen (secondary N) is 2. The van der Waals surface area contributed by atoms with Crippen molar-refractivity contribution in [2.45, 2.75) is 70.3 Å². The molecule has 0 spiro atoms. The first-order chi connectivity index (χ1) is 9.84. The van der Waals surface area contributed by atoms with Gasteiger partial charge in [-0.2, -0.15) is 0 Å². The molecule has 1 saturated heterocycles. The lowest BCUT2D eigenvalue weighted by Crippen LogP contribution is -2.43. The first kappa shape index (κ1) is 15.6. The van der Waals surface area contributed by atoms with Crippen LogP contribution >= 0.6 is 0 Å². The van der Waals surface area contributed by atoms with E-state index in [1.807, 2.05) is 0 Å². The van der Waals surface area contributed by atoms with Crippen LogP contribution in [0.5, 0.6) is 0 Å². The summed E-state index contributed by atoms with van der Waals surface area (Å²) in [7, 11) is 0. The number of piperidine rings is 1. The molecule has 0 bridgehead atoms. The molecule has 4 heteroatoms. The zero-order valence-corrected chi connectivity index (χ0v) is 12.8. The van der Waals surface area contributed by atoms with Crippen molar-refractivity contribution < 1.29 is 4.79 Å². The Morgan fingerprint density at radius 1 is 0.950 bits per heavy atom. The zero-order chi connectivity index (χ0) is 14.0. The normalized spacial score (nSPS) is 21.6. The molecule has 1 aliphatic carbocycles. The third-order valence-corrected chi connectivity index (χ3v) is 4.58. The number of carbonyl (C=O) groups excluding carboxylic acids is 1. The predicted molar refractivity (Wildman–Crippen MR) is 82.9 cm³/mol. The van der Waals surface area contributed by atoms with E-state index >= 15 is 0 Å². The molecule has 2 N–H and O–H groups in total.